The van der Waals surface area contributed by atoms with Gasteiger partial charge in [0.25, 0.3) is 0 Å². The lowest BCUT2D eigenvalue weighted by molar-refractivity contribution is -0.161. The Morgan fingerprint density at radius 3 is 0.792 bits per heavy atom. The van der Waals surface area contributed by atoms with Crippen LogP contribution in [0.4, 0.5) is 0 Å². The van der Waals surface area contributed by atoms with Gasteiger partial charge in [0.05, 0.1) is 26.4 Å². The van der Waals surface area contributed by atoms with Crippen LogP contribution < -0.4 is 0 Å². The van der Waals surface area contributed by atoms with Crippen LogP contribution in [0, 0.1) is 17.8 Å². The summed E-state index contributed by atoms with van der Waals surface area (Å²) in [4.78, 5) is 72.8. The number of hydrogen-bond donors (Lipinski definition) is 3. The fraction of sp³-hybridized carbons (Fsp3) is 0.948. The van der Waals surface area contributed by atoms with Crippen LogP contribution in [0.25, 0.3) is 0 Å². The quantitative estimate of drug-likeness (QED) is 0.0222. The van der Waals surface area contributed by atoms with Crippen molar-refractivity contribution in [1.29, 1.82) is 0 Å². The molecule has 0 heterocycles. The molecule has 0 rings (SSSR count). The molecule has 0 saturated heterocycles. The molecule has 19 heteroatoms. The maximum atomic E-state index is 13.1. The van der Waals surface area contributed by atoms with Crippen molar-refractivity contribution >= 4 is 39.5 Å². The van der Waals surface area contributed by atoms with Crippen LogP contribution >= 0.6 is 15.6 Å². The summed E-state index contributed by atoms with van der Waals surface area (Å²) in [6.45, 7) is 11.9. The molecule has 0 saturated carbocycles. The van der Waals surface area contributed by atoms with E-state index in [1.165, 1.54) is 199 Å². The minimum Gasteiger partial charge on any atom is -0.462 e. The first-order chi connectivity index (χ1) is 46.3. The molecule has 0 aromatic rings. The predicted octanol–water partition coefficient (Wildman–Crippen LogP) is 22.6. The molecule has 17 nitrogen and oxygen atoms in total. The fourth-order valence-electron chi connectivity index (χ4n) is 11.7. The van der Waals surface area contributed by atoms with Crippen molar-refractivity contribution in [2.45, 2.75) is 414 Å². The van der Waals surface area contributed by atoms with Gasteiger partial charge < -0.3 is 33.8 Å². The number of aliphatic hydroxyl groups excluding tert-OH is 1. The smallest absolute Gasteiger partial charge is 0.462 e. The number of carbonyl (C=O) groups excluding carboxylic acids is 4. The first-order valence-corrected chi connectivity index (χ1v) is 42.9. The molecule has 570 valence electrons. The lowest BCUT2D eigenvalue weighted by Crippen LogP contribution is -2.30. The largest absolute Gasteiger partial charge is 0.472 e. The average Bonchev–Trinajstić information content (AvgIpc) is 1.75. The van der Waals surface area contributed by atoms with E-state index in [1.54, 1.807) is 0 Å². The van der Waals surface area contributed by atoms with Crippen molar-refractivity contribution in [2.75, 3.05) is 39.6 Å². The molecule has 0 amide bonds. The summed E-state index contributed by atoms with van der Waals surface area (Å²) in [5.41, 5.74) is 0. The highest BCUT2D eigenvalue weighted by Crippen LogP contribution is 2.45. The molecule has 0 aromatic heterocycles. The van der Waals surface area contributed by atoms with Crippen molar-refractivity contribution in [3.05, 3.63) is 0 Å². The zero-order chi connectivity index (χ0) is 70.9. The molecule has 0 aliphatic heterocycles. The second-order valence-electron chi connectivity index (χ2n) is 28.9. The monoisotopic (exact) mass is 1410 g/mol. The average molecular weight is 1410 g/mol. The summed E-state index contributed by atoms with van der Waals surface area (Å²) in [5.74, 6) is 0.170. The lowest BCUT2D eigenvalue weighted by Gasteiger charge is -2.21. The van der Waals surface area contributed by atoms with Crippen molar-refractivity contribution in [3.8, 4) is 0 Å². The summed E-state index contributed by atoms with van der Waals surface area (Å²) in [7, 11) is -9.91. The van der Waals surface area contributed by atoms with Crippen molar-refractivity contribution in [1.82, 2.24) is 0 Å². The van der Waals surface area contributed by atoms with Gasteiger partial charge in [-0.05, 0) is 43.4 Å². The van der Waals surface area contributed by atoms with E-state index in [9.17, 15) is 43.2 Å². The molecule has 3 unspecified atom stereocenters. The van der Waals surface area contributed by atoms with Gasteiger partial charge in [-0.15, -0.1) is 0 Å². The number of esters is 4. The molecule has 0 spiro atoms. The van der Waals surface area contributed by atoms with Crippen LogP contribution in [0.1, 0.15) is 395 Å². The number of hydrogen-bond acceptors (Lipinski definition) is 15. The van der Waals surface area contributed by atoms with E-state index in [1.807, 2.05) is 0 Å². The van der Waals surface area contributed by atoms with E-state index in [2.05, 4.69) is 48.5 Å². The Kier molecular flexibility index (Phi) is 66.2. The molecule has 0 aliphatic carbocycles. The van der Waals surface area contributed by atoms with Crippen molar-refractivity contribution < 1.29 is 80.2 Å². The zero-order valence-electron chi connectivity index (χ0n) is 62.8. The maximum Gasteiger partial charge on any atom is 0.472 e. The van der Waals surface area contributed by atoms with Gasteiger partial charge >= 0.3 is 39.5 Å². The van der Waals surface area contributed by atoms with E-state index < -0.39 is 97.5 Å². The first kappa shape index (κ1) is 94.1. The molecule has 3 N–H and O–H groups in total. The second kappa shape index (κ2) is 67.5. The van der Waals surface area contributed by atoms with Gasteiger partial charge in [0, 0.05) is 25.7 Å². The Hall–Kier alpha value is -1.94. The summed E-state index contributed by atoms with van der Waals surface area (Å²) >= 11 is 0. The van der Waals surface area contributed by atoms with Gasteiger partial charge in [-0.3, -0.25) is 37.3 Å². The van der Waals surface area contributed by atoms with Gasteiger partial charge in [0.1, 0.15) is 19.3 Å². The normalized spacial score (nSPS) is 14.3. The molecule has 96 heavy (non-hydrogen) atoms. The summed E-state index contributed by atoms with van der Waals surface area (Å²) in [6.07, 6.45) is 54.2. The molecule has 0 bridgehead atoms. The predicted molar refractivity (Wildman–Crippen MR) is 391 cm³/mol. The Morgan fingerprint density at radius 1 is 0.302 bits per heavy atom. The van der Waals surface area contributed by atoms with Gasteiger partial charge in [-0.1, -0.05) is 344 Å². The van der Waals surface area contributed by atoms with Crippen LogP contribution in [0.15, 0.2) is 0 Å². The van der Waals surface area contributed by atoms with E-state index >= 15 is 0 Å². The number of carbonyl (C=O) groups is 4. The fourth-order valence-corrected chi connectivity index (χ4v) is 13.3. The molecule has 0 radical (unpaired) electrons. The lowest BCUT2D eigenvalue weighted by atomic mass is 10.00. The van der Waals surface area contributed by atoms with E-state index in [0.29, 0.717) is 25.7 Å². The van der Waals surface area contributed by atoms with Gasteiger partial charge in [0.2, 0.25) is 0 Å². The van der Waals surface area contributed by atoms with Gasteiger partial charge in [-0.2, -0.15) is 0 Å². The van der Waals surface area contributed by atoms with Crippen LogP contribution in [-0.2, 0) is 65.4 Å². The minimum atomic E-state index is -4.96. The van der Waals surface area contributed by atoms with E-state index in [0.717, 1.165) is 114 Å². The van der Waals surface area contributed by atoms with Crippen LogP contribution in [0.3, 0.4) is 0 Å². The zero-order valence-corrected chi connectivity index (χ0v) is 64.6. The molecule has 0 fully saturated rings. The van der Waals surface area contributed by atoms with Gasteiger partial charge in [-0.25, -0.2) is 9.13 Å². The molecule has 0 aliphatic rings. The molecule has 0 aromatic carbocycles. The number of ether oxygens (including phenoxy) is 4. The highest BCUT2D eigenvalue weighted by atomic mass is 31.2. The number of rotatable bonds is 75. The minimum absolute atomic E-state index is 0.104. The van der Waals surface area contributed by atoms with Gasteiger partial charge in [0.15, 0.2) is 12.2 Å². The third-order valence-electron chi connectivity index (χ3n) is 18.2. The second-order valence-corrected chi connectivity index (χ2v) is 31.8. The number of phosphoric ester groups is 2. The van der Waals surface area contributed by atoms with Crippen LogP contribution in [0.2, 0.25) is 0 Å². The van der Waals surface area contributed by atoms with E-state index in [-0.39, 0.29) is 25.7 Å². The summed E-state index contributed by atoms with van der Waals surface area (Å²) in [6, 6.07) is 0. The number of phosphoric acid groups is 2. The highest BCUT2D eigenvalue weighted by Gasteiger charge is 2.30. The van der Waals surface area contributed by atoms with Crippen molar-refractivity contribution in [2.24, 2.45) is 17.8 Å². The van der Waals surface area contributed by atoms with E-state index in [4.69, 9.17) is 37.0 Å². The number of unbranched alkanes of at least 4 members (excludes halogenated alkanes) is 42. The van der Waals surface area contributed by atoms with Crippen LogP contribution in [0.5, 0.6) is 0 Å². The molecular formula is C77H150O17P2. The topological polar surface area (TPSA) is 237 Å². The number of aliphatic hydroxyl groups is 1. The maximum absolute atomic E-state index is 13.1. The standard InChI is InChI=1S/C77H150O17P2/c1-8-10-11-12-13-14-15-22-26-31-36-44-51-58-74(79)87-64-72(93-76(81)60-53-46-37-32-27-24-21-19-17-16-18-20-23-25-29-34-41-48-55-68(3)4)66-91-95(83,84)89-62-71(78)63-90-96(85,86)92-67-73(65-88-75(80)59-52-45-40-39-43-50-57-70(7)9-2)94-77(82)61-54-47-38-33-28-30-35-42-49-56-69(5)6/h68-73,78H,8-67H2,1-7H3,(H,83,84)(H,85,86)/t70?,71-,72-,73-/m1/s1. The summed E-state index contributed by atoms with van der Waals surface area (Å²) < 4.78 is 68.5. The SMILES string of the molecule is CCCCCCCCCCCCCCCC(=O)OC[C@H](COP(=O)(O)OC[C@@H](O)COP(=O)(O)OC[C@@H](COC(=O)CCCCCCCCC(C)CC)OC(=O)CCCCCCCCCCCC(C)C)OC(=O)CCCCCCCCCCCCCCCCCCCCC(C)C. The Morgan fingerprint density at radius 2 is 0.531 bits per heavy atom. The Balaban J connectivity index is 5.21. The Labute approximate surface area is 588 Å². The van der Waals surface area contributed by atoms with Crippen LogP contribution in [-0.4, -0.2) is 96.7 Å². The third kappa shape index (κ3) is 69.2. The summed E-state index contributed by atoms with van der Waals surface area (Å²) in [5, 5.41) is 10.6. The molecular weight excluding hydrogens is 1260 g/mol. The van der Waals surface area contributed by atoms with Crippen molar-refractivity contribution in [3.63, 3.8) is 0 Å². The first-order valence-electron chi connectivity index (χ1n) is 39.9. The third-order valence-corrected chi connectivity index (χ3v) is 20.1. The Bertz CT molecular complexity index is 1870. The molecule has 6 atom stereocenters. The highest BCUT2D eigenvalue weighted by molar-refractivity contribution is 7.47.